The quantitative estimate of drug-likeness (QED) is 0.265. The second-order valence-corrected chi connectivity index (χ2v) is 9.25. The summed E-state index contributed by atoms with van der Waals surface area (Å²) in [6, 6.07) is 30.0. The zero-order valence-corrected chi connectivity index (χ0v) is 21.0. The molecule has 182 valence electrons. The van der Waals surface area contributed by atoms with E-state index in [1.165, 1.54) is 0 Å². The van der Waals surface area contributed by atoms with Crippen molar-refractivity contribution in [2.24, 2.45) is 0 Å². The van der Waals surface area contributed by atoms with Gasteiger partial charge in [-0.1, -0.05) is 24.3 Å². The Kier molecular flexibility index (Phi) is 6.12. The van der Waals surface area contributed by atoms with E-state index in [2.05, 4.69) is 55.2 Å². The van der Waals surface area contributed by atoms with Crippen LogP contribution in [0.25, 0.3) is 5.69 Å². The van der Waals surface area contributed by atoms with E-state index in [-0.39, 0.29) is 12.1 Å². The second kappa shape index (κ2) is 9.87. The number of para-hydroxylation sites is 1. The third kappa shape index (κ3) is 4.45. The van der Waals surface area contributed by atoms with Crippen LogP contribution in [0.15, 0.2) is 116 Å². The van der Waals surface area contributed by atoms with Crippen LogP contribution in [0.4, 0.5) is 5.69 Å². The van der Waals surface area contributed by atoms with E-state index >= 15 is 0 Å². The minimum Gasteiger partial charge on any atom is -0.457 e. The molecule has 1 saturated heterocycles. The maximum atomic E-state index is 6.13. The van der Waals surface area contributed by atoms with E-state index < -0.39 is 0 Å². The number of thiocarbonyl (C=S) groups is 1. The Bertz CT molecular complexity index is 1520. The lowest BCUT2D eigenvalue weighted by Gasteiger charge is -2.29. The van der Waals surface area contributed by atoms with Crippen LogP contribution in [0.5, 0.6) is 11.5 Å². The summed E-state index contributed by atoms with van der Waals surface area (Å²) in [6.07, 6.45) is 7.49. The highest BCUT2D eigenvalue weighted by Gasteiger charge is 2.42. The summed E-state index contributed by atoms with van der Waals surface area (Å²) in [4.78, 5) is 11.0. The molecule has 7 heteroatoms. The maximum Gasteiger partial charge on any atom is 0.174 e. The molecule has 1 N–H and O–H groups in total. The first-order valence-corrected chi connectivity index (χ1v) is 12.5. The molecule has 2 aromatic carbocycles. The molecule has 6 nitrogen and oxygen atoms in total. The molecule has 1 aliphatic rings. The standard InChI is InChI=1S/C30H25N5OS/c1-21-7-2-3-10-27(21)36-24-13-11-23(12-14-24)35-29(28(33-30(35)37)25-8-4-5-17-32-25)26-9-6-20-34(26)22-15-18-31-19-16-22/h2-20,28-29H,1H3,(H,33,37)/t28-,29-/m0/s1. The topological polar surface area (TPSA) is 55.2 Å². The minimum atomic E-state index is -0.132. The molecule has 0 saturated carbocycles. The molecule has 0 radical (unpaired) electrons. The third-order valence-corrected chi connectivity index (χ3v) is 6.87. The fourth-order valence-electron chi connectivity index (χ4n) is 4.78. The van der Waals surface area contributed by atoms with Crippen molar-refractivity contribution >= 4 is 23.0 Å². The molecule has 0 spiro atoms. The number of aryl methyl sites for hydroxylation is 1. The van der Waals surface area contributed by atoms with Gasteiger partial charge in [-0.05, 0) is 91.4 Å². The molecule has 1 fully saturated rings. The number of nitrogens with zero attached hydrogens (tertiary/aromatic N) is 4. The van der Waals surface area contributed by atoms with Gasteiger partial charge in [-0.2, -0.15) is 0 Å². The SMILES string of the molecule is Cc1ccccc1Oc1ccc(N2C(=S)N[C@@H](c3ccccn3)[C@@H]2c2cccn2-c2ccncc2)cc1. The molecule has 0 bridgehead atoms. The van der Waals surface area contributed by atoms with Gasteiger partial charge in [0.25, 0.3) is 0 Å². The highest BCUT2D eigenvalue weighted by Crippen LogP contribution is 2.42. The number of rotatable bonds is 6. The van der Waals surface area contributed by atoms with Gasteiger partial charge in [0.2, 0.25) is 0 Å². The largest absolute Gasteiger partial charge is 0.457 e. The number of benzene rings is 2. The van der Waals surface area contributed by atoms with Crippen molar-refractivity contribution in [3.8, 4) is 17.2 Å². The van der Waals surface area contributed by atoms with Gasteiger partial charge in [-0.25, -0.2) is 0 Å². The number of nitrogens with one attached hydrogen (secondary N) is 1. The fraction of sp³-hybridized carbons (Fsp3) is 0.100. The van der Waals surface area contributed by atoms with Gasteiger partial charge >= 0.3 is 0 Å². The Morgan fingerprint density at radius 3 is 2.35 bits per heavy atom. The van der Waals surface area contributed by atoms with Crippen LogP contribution in [-0.4, -0.2) is 19.6 Å². The van der Waals surface area contributed by atoms with E-state index in [1.54, 1.807) is 12.4 Å². The van der Waals surface area contributed by atoms with Crippen molar-refractivity contribution in [2.45, 2.75) is 19.0 Å². The number of hydrogen-bond acceptors (Lipinski definition) is 4. The van der Waals surface area contributed by atoms with Crippen LogP contribution in [0, 0.1) is 6.92 Å². The highest BCUT2D eigenvalue weighted by molar-refractivity contribution is 7.80. The number of aromatic nitrogens is 3. The molecule has 3 aromatic heterocycles. The lowest BCUT2D eigenvalue weighted by Crippen LogP contribution is -2.30. The molecule has 1 aliphatic heterocycles. The molecule has 6 rings (SSSR count). The van der Waals surface area contributed by atoms with E-state index in [9.17, 15) is 0 Å². The van der Waals surface area contributed by atoms with Gasteiger partial charge in [-0.15, -0.1) is 0 Å². The van der Waals surface area contributed by atoms with E-state index in [0.29, 0.717) is 5.11 Å². The van der Waals surface area contributed by atoms with Crippen LogP contribution in [-0.2, 0) is 0 Å². The first-order valence-electron chi connectivity index (χ1n) is 12.1. The second-order valence-electron chi connectivity index (χ2n) is 8.87. The van der Waals surface area contributed by atoms with Crippen molar-refractivity contribution in [1.29, 1.82) is 0 Å². The summed E-state index contributed by atoms with van der Waals surface area (Å²) in [5, 5.41) is 4.18. The third-order valence-electron chi connectivity index (χ3n) is 6.56. The van der Waals surface area contributed by atoms with E-state index in [0.717, 1.165) is 39.8 Å². The Morgan fingerprint density at radius 1 is 0.811 bits per heavy atom. The summed E-state index contributed by atoms with van der Waals surface area (Å²) in [5.41, 5.74) is 5.12. The number of anilines is 1. The molecule has 2 atom stereocenters. The van der Waals surface area contributed by atoms with E-state index in [1.807, 2.05) is 79.9 Å². The normalized spacial score (nSPS) is 17.0. The predicted octanol–water partition coefficient (Wildman–Crippen LogP) is 6.55. The summed E-state index contributed by atoms with van der Waals surface area (Å²) in [5.74, 6) is 1.62. The van der Waals surface area contributed by atoms with Gasteiger partial charge in [-0.3, -0.25) is 9.97 Å². The van der Waals surface area contributed by atoms with Crippen LogP contribution in [0.1, 0.15) is 29.0 Å². The van der Waals surface area contributed by atoms with Crippen LogP contribution >= 0.6 is 12.2 Å². The van der Waals surface area contributed by atoms with Crippen molar-refractivity contribution in [2.75, 3.05) is 4.90 Å². The zero-order chi connectivity index (χ0) is 25.2. The minimum absolute atomic E-state index is 0.131. The van der Waals surface area contributed by atoms with Gasteiger partial charge in [0.1, 0.15) is 17.5 Å². The smallest absolute Gasteiger partial charge is 0.174 e. The Hall–Kier alpha value is -4.49. The monoisotopic (exact) mass is 503 g/mol. The lowest BCUT2D eigenvalue weighted by molar-refractivity contribution is 0.479. The fourth-order valence-corrected chi connectivity index (χ4v) is 5.13. The summed E-state index contributed by atoms with van der Waals surface area (Å²) in [7, 11) is 0. The van der Waals surface area contributed by atoms with Crippen molar-refractivity contribution in [1.82, 2.24) is 19.9 Å². The van der Waals surface area contributed by atoms with Crippen LogP contribution in [0.3, 0.4) is 0 Å². The van der Waals surface area contributed by atoms with Crippen molar-refractivity contribution in [3.63, 3.8) is 0 Å². The molecular formula is C30H25N5OS. The summed E-state index contributed by atoms with van der Waals surface area (Å²) >= 11 is 5.90. The first-order chi connectivity index (χ1) is 18.2. The predicted molar refractivity (Wildman–Crippen MR) is 149 cm³/mol. The van der Waals surface area contributed by atoms with E-state index in [4.69, 9.17) is 17.0 Å². The van der Waals surface area contributed by atoms with Crippen molar-refractivity contribution in [3.05, 3.63) is 133 Å². The first kappa shape index (κ1) is 22.9. The maximum absolute atomic E-state index is 6.13. The average molecular weight is 504 g/mol. The lowest BCUT2D eigenvalue weighted by atomic mass is 10.0. The highest BCUT2D eigenvalue weighted by atomic mass is 32.1. The van der Waals surface area contributed by atoms with Gasteiger partial charge in [0, 0.05) is 41.9 Å². The molecule has 0 aliphatic carbocycles. The van der Waals surface area contributed by atoms with Crippen LogP contribution < -0.4 is 15.0 Å². The Labute approximate surface area is 221 Å². The number of pyridine rings is 2. The van der Waals surface area contributed by atoms with Gasteiger partial charge in [0.05, 0.1) is 11.7 Å². The Balaban J connectivity index is 1.39. The summed E-state index contributed by atoms with van der Waals surface area (Å²) < 4.78 is 8.31. The molecular weight excluding hydrogens is 478 g/mol. The molecule has 4 heterocycles. The van der Waals surface area contributed by atoms with Gasteiger partial charge in [0.15, 0.2) is 5.11 Å². The van der Waals surface area contributed by atoms with Crippen LogP contribution in [0.2, 0.25) is 0 Å². The molecule has 5 aromatic rings. The number of ether oxygens (including phenoxy) is 1. The Morgan fingerprint density at radius 2 is 1.59 bits per heavy atom. The van der Waals surface area contributed by atoms with Crippen molar-refractivity contribution < 1.29 is 4.74 Å². The average Bonchev–Trinajstić information content (AvgIpc) is 3.56. The zero-order valence-electron chi connectivity index (χ0n) is 20.2. The molecule has 37 heavy (non-hydrogen) atoms. The van der Waals surface area contributed by atoms with Gasteiger partial charge < -0.3 is 19.5 Å². The summed E-state index contributed by atoms with van der Waals surface area (Å²) in [6.45, 7) is 2.04. The molecule has 0 amide bonds. The number of hydrogen-bond donors (Lipinski definition) is 1. The molecule has 0 unspecified atom stereocenters.